The molecule has 2 aliphatic heterocycles. The van der Waals surface area contributed by atoms with E-state index in [-0.39, 0.29) is 18.6 Å². The lowest BCUT2D eigenvalue weighted by atomic mass is 9.96. The van der Waals surface area contributed by atoms with Crippen LogP contribution in [0.25, 0.3) is 16.3 Å². The van der Waals surface area contributed by atoms with Gasteiger partial charge in [-0.15, -0.1) is 0 Å². The third-order valence-electron chi connectivity index (χ3n) is 6.68. The third kappa shape index (κ3) is 5.08. The third-order valence-corrected chi connectivity index (χ3v) is 6.68. The molecule has 35 heavy (non-hydrogen) atoms. The van der Waals surface area contributed by atoms with Crippen LogP contribution in [0.4, 0.5) is 11.6 Å². The molecule has 0 radical (unpaired) electrons. The average Bonchev–Trinajstić information content (AvgIpc) is 3.32. The van der Waals surface area contributed by atoms with Crippen LogP contribution in [-0.2, 0) is 0 Å². The number of pyridine rings is 2. The zero-order valence-electron chi connectivity index (χ0n) is 19.8. The number of carbonyl (C=O) groups excluding carboxylic acids is 1. The molecule has 0 spiro atoms. The SMILES string of the molecule is CCC1N=CC(c2ccc3cnc(NC(=O)c4ccnc(NC5CCNCC5)c4)cc3c2)=C1CO. The number of nitrogens with one attached hydrogen (secondary N) is 3. The fourth-order valence-corrected chi connectivity index (χ4v) is 4.71. The van der Waals surface area contributed by atoms with Crippen molar-refractivity contribution in [3.05, 3.63) is 65.5 Å². The van der Waals surface area contributed by atoms with E-state index in [1.165, 1.54) is 0 Å². The van der Waals surface area contributed by atoms with Gasteiger partial charge < -0.3 is 21.1 Å². The molecule has 0 bridgehead atoms. The molecule has 5 rings (SSSR count). The first-order chi connectivity index (χ1) is 17.1. The molecule has 2 aliphatic rings. The van der Waals surface area contributed by atoms with Crippen molar-refractivity contribution in [2.75, 3.05) is 30.3 Å². The summed E-state index contributed by atoms with van der Waals surface area (Å²) in [5, 5.41) is 21.5. The largest absolute Gasteiger partial charge is 0.392 e. The van der Waals surface area contributed by atoms with Crippen molar-refractivity contribution in [2.24, 2.45) is 4.99 Å². The molecule has 8 nitrogen and oxygen atoms in total. The Morgan fingerprint density at radius 2 is 1.94 bits per heavy atom. The number of hydrogen-bond acceptors (Lipinski definition) is 7. The molecule has 1 amide bonds. The minimum absolute atomic E-state index is 0.00998. The summed E-state index contributed by atoms with van der Waals surface area (Å²) in [6.45, 7) is 4.02. The molecule has 180 valence electrons. The topological polar surface area (TPSA) is 112 Å². The first-order valence-electron chi connectivity index (χ1n) is 12.2. The molecule has 1 atom stereocenters. The van der Waals surface area contributed by atoms with Crippen LogP contribution in [-0.4, -0.2) is 59.0 Å². The van der Waals surface area contributed by atoms with E-state index in [4.69, 9.17) is 0 Å². The van der Waals surface area contributed by atoms with Gasteiger partial charge in [-0.1, -0.05) is 19.1 Å². The number of aromatic nitrogens is 2. The lowest BCUT2D eigenvalue weighted by Gasteiger charge is -2.24. The van der Waals surface area contributed by atoms with Gasteiger partial charge >= 0.3 is 0 Å². The van der Waals surface area contributed by atoms with E-state index in [1.807, 2.05) is 24.4 Å². The molecule has 1 saturated heterocycles. The monoisotopic (exact) mass is 470 g/mol. The van der Waals surface area contributed by atoms with Crippen LogP contribution in [0.2, 0.25) is 0 Å². The summed E-state index contributed by atoms with van der Waals surface area (Å²) in [6, 6.07) is 11.8. The molecule has 0 saturated carbocycles. The van der Waals surface area contributed by atoms with Gasteiger partial charge in [0.1, 0.15) is 11.6 Å². The highest BCUT2D eigenvalue weighted by molar-refractivity contribution is 6.14. The molecule has 1 fully saturated rings. The fourth-order valence-electron chi connectivity index (χ4n) is 4.71. The molecule has 8 heteroatoms. The number of aliphatic hydroxyl groups excluding tert-OH is 1. The van der Waals surface area contributed by atoms with Crippen LogP contribution < -0.4 is 16.0 Å². The molecule has 4 N–H and O–H groups in total. The minimum atomic E-state index is -0.234. The zero-order valence-corrected chi connectivity index (χ0v) is 19.8. The molecule has 2 aromatic heterocycles. The van der Waals surface area contributed by atoms with Crippen LogP contribution in [0, 0.1) is 0 Å². The summed E-state index contributed by atoms with van der Waals surface area (Å²) >= 11 is 0. The van der Waals surface area contributed by atoms with E-state index < -0.39 is 0 Å². The van der Waals surface area contributed by atoms with E-state index in [0.717, 1.165) is 59.8 Å². The predicted octanol–water partition coefficient (Wildman–Crippen LogP) is 3.65. The fraction of sp³-hybridized carbons (Fsp3) is 0.333. The summed E-state index contributed by atoms with van der Waals surface area (Å²) in [4.78, 5) is 26.3. The second kappa shape index (κ2) is 10.3. The summed E-state index contributed by atoms with van der Waals surface area (Å²) in [5.41, 5.74) is 3.43. The quantitative estimate of drug-likeness (QED) is 0.419. The number of aliphatic hydroxyl groups is 1. The van der Waals surface area contributed by atoms with Crippen molar-refractivity contribution in [3.8, 4) is 0 Å². The van der Waals surface area contributed by atoms with Gasteiger partial charge in [0, 0.05) is 41.2 Å². The maximum Gasteiger partial charge on any atom is 0.257 e. The van der Waals surface area contributed by atoms with Crippen molar-refractivity contribution in [2.45, 2.75) is 38.3 Å². The van der Waals surface area contributed by atoms with Gasteiger partial charge in [0.2, 0.25) is 0 Å². The highest BCUT2D eigenvalue weighted by Gasteiger charge is 2.21. The summed E-state index contributed by atoms with van der Waals surface area (Å²) < 4.78 is 0. The lowest BCUT2D eigenvalue weighted by Crippen LogP contribution is -2.35. The number of nitrogens with zero attached hydrogens (tertiary/aromatic N) is 3. The minimum Gasteiger partial charge on any atom is -0.392 e. The number of carbonyl (C=O) groups is 1. The van der Waals surface area contributed by atoms with Crippen molar-refractivity contribution >= 4 is 40.1 Å². The smallest absolute Gasteiger partial charge is 0.257 e. The average molecular weight is 471 g/mol. The van der Waals surface area contributed by atoms with Crippen molar-refractivity contribution in [1.29, 1.82) is 0 Å². The Bertz CT molecular complexity index is 1300. The molecular formula is C27H30N6O2. The maximum atomic E-state index is 13.0. The highest BCUT2D eigenvalue weighted by Crippen LogP contribution is 2.30. The summed E-state index contributed by atoms with van der Waals surface area (Å²) in [5.74, 6) is 0.951. The summed E-state index contributed by atoms with van der Waals surface area (Å²) in [7, 11) is 0. The van der Waals surface area contributed by atoms with Gasteiger partial charge in [0.05, 0.1) is 12.6 Å². The number of aliphatic imine (C=N–C) groups is 1. The van der Waals surface area contributed by atoms with E-state index in [2.05, 4.69) is 43.9 Å². The molecular weight excluding hydrogens is 440 g/mol. The van der Waals surface area contributed by atoms with E-state index in [1.54, 1.807) is 24.5 Å². The van der Waals surface area contributed by atoms with E-state index in [0.29, 0.717) is 23.2 Å². The Morgan fingerprint density at radius 1 is 1.09 bits per heavy atom. The molecule has 4 heterocycles. The maximum absolute atomic E-state index is 13.0. The Balaban J connectivity index is 1.34. The number of piperidine rings is 1. The molecule has 1 unspecified atom stereocenters. The number of anilines is 2. The molecule has 3 aromatic rings. The predicted molar refractivity (Wildman–Crippen MR) is 140 cm³/mol. The number of benzene rings is 1. The van der Waals surface area contributed by atoms with Crippen LogP contribution in [0.15, 0.2) is 59.4 Å². The number of fused-ring (bicyclic) bond motifs is 1. The van der Waals surface area contributed by atoms with Gasteiger partial charge in [0.25, 0.3) is 5.91 Å². The number of rotatable bonds is 7. The van der Waals surface area contributed by atoms with Crippen molar-refractivity contribution in [3.63, 3.8) is 0 Å². The van der Waals surface area contributed by atoms with Crippen LogP contribution in [0.3, 0.4) is 0 Å². The standard InChI is InChI=1S/C27H30N6O2/c1-2-24-23(16-34)22(15-30-24)17-3-4-19-14-31-26(13-20(19)11-17)33-27(35)18-5-10-29-25(12-18)32-21-6-8-28-9-7-21/h3-5,10-15,21,24,28,34H,2,6-9,16H2,1H3,(H,29,32)(H,31,33,35). The molecule has 1 aromatic carbocycles. The Morgan fingerprint density at radius 3 is 2.74 bits per heavy atom. The zero-order chi connectivity index (χ0) is 24.2. The van der Waals surface area contributed by atoms with Gasteiger partial charge in [-0.05, 0) is 73.1 Å². The van der Waals surface area contributed by atoms with Gasteiger partial charge in [-0.3, -0.25) is 9.79 Å². The first kappa shape index (κ1) is 23.1. The van der Waals surface area contributed by atoms with E-state index in [9.17, 15) is 9.90 Å². The lowest BCUT2D eigenvalue weighted by molar-refractivity contribution is 0.102. The Labute approximate surface area is 204 Å². The van der Waals surface area contributed by atoms with E-state index >= 15 is 0 Å². The normalized spacial score (nSPS) is 18.3. The van der Waals surface area contributed by atoms with Crippen LogP contribution in [0.5, 0.6) is 0 Å². The summed E-state index contributed by atoms with van der Waals surface area (Å²) in [6.07, 6.45) is 8.17. The van der Waals surface area contributed by atoms with Gasteiger partial charge in [-0.25, -0.2) is 9.97 Å². The van der Waals surface area contributed by atoms with Crippen molar-refractivity contribution < 1.29 is 9.90 Å². The second-order valence-electron chi connectivity index (χ2n) is 8.98. The first-order valence-corrected chi connectivity index (χ1v) is 12.2. The Hall–Kier alpha value is -3.62. The van der Waals surface area contributed by atoms with Crippen molar-refractivity contribution in [1.82, 2.24) is 15.3 Å². The van der Waals surface area contributed by atoms with Gasteiger partial charge in [-0.2, -0.15) is 0 Å². The van der Waals surface area contributed by atoms with Crippen LogP contribution in [0.1, 0.15) is 42.1 Å². The Kier molecular flexibility index (Phi) is 6.83. The highest BCUT2D eigenvalue weighted by atomic mass is 16.3. The van der Waals surface area contributed by atoms with Crippen LogP contribution >= 0.6 is 0 Å². The molecule has 0 aliphatic carbocycles. The second-order valence-corrected chi connectivity index (χ2v) is 8.98. The number of hydrogen-bond donors (Lipinski definition) is 4. The van der Waals surface area contributed by atoms with Gasteiger partial charge in [0.15, 0.2) is 0 Å². The number of amides is 1. The number of allylic oxidation sites excluding steroid dienone is 1.